The Balaban J connectivity index is 2.13. The van der Waals surface area contributed by atoms with E-state index in [1.54, 1.807) is 6.07 Å². The van der Waals surface area contributed by atoms with Gasteiger partial charge in [-0.1, -0.05) is 24.1 Å². The van der Waals surface area contributed by atoms with Crippen molar-refractivity contribution in [3.63, 3.8) is 0 Å². The van der Waals surface area contributed by atoms with Crippen LogP contribution in [0.15, 0.2) is 18.2 Å². The molecule has 3 nitrogen and oxygen atoms in total. The number of benzene rings is 1. The van der Waals surface area contributed by atoms with E-state index < -0.39 is 0 Å². The van der Waals surface area contributed by atoms with Gasteiger partial charge in [0.1, 0.15) is 0 Å². The highest BCUT2D eigenvalue weighted by Gasteiger charge is 2.43. The Hall–Kier alpha value is -1.06. The van der Waals surface area contributed by atoms with E-state index in [1.807, 2.05) is 26.1 Å². The lowest BCUT2D eigenvalue weighted by molar-refractivity contribution is -0.129. The van der Waals surface area contributed by atoms with Gasteiger partial charge in [0.2, 0.25) is 5.91 Å². The Morgan fingerprint density at radius 1 is 1.44 bits per heavy atom. The minimum absolute atomic E-state index is 0.105. The average molecular weight is 267 g/mol. The maximum absolute atomic E-state index is 12.4. The number of carbonyl (C=O) groups excluding carboxylic acids is 1. The molecule has 0 heterocycles. The van der Waals surface area contributed by atoms with Crippen LogP contribution in [0.3, 0.4) is 0 Å². The number of rotatable bonds is 4. The first-order valence-corrected chi connectivity index (χ1v) is 6.67. The first-order valence-electron chi connectivity index (χ1n) is 6.30. The molecule has 1 aliphatic rings. The molecule has 1 amide bonds. The van der Waals surface area contributed by atoms with Crippen molar-refractivity contribution in [2.75, 3.05) is 18.9 Å². The molecule has 18 heavy (non-hydrogen) atoms. The summed E-state index contributed by atoms with van der Waals surface area (Å²) in [5.41, 5.74) is 1.62. The van der Waals surface area contributed by atoms with Crippen molar-refractivity contribution in [1.29, 1.82) is 0 Å². The van der Waals surface area contributed by atoms with Crippen molar-refractivity contribution in [3.05, 3.63) is 28.8 Å². The predicted octanol–water partition coefficient (Wildman–Crippen LogP) is 2.98. The van der Waals surface area contributed by atoms with Gasteiger partial charge in [-0.3, -0.25) is 4.79 Å². The van der Waals surface area contributed by atoms with Crippen molar-refractivity contribution >= 4 is 23.2 Å². The molecule has 2 rings (SSSR count). The zero-order chi connectivity index (χ0) is 13.2. The van der Waals surface area contributed by atoms with Crippen molar-refractivity contribution < 1.29 is 4.79 Å². The molecule has 1 aromatic carbocycles. The van der Waals surface area contributed by atoms with Crippen molar-refractivity contribution in [1.82, 2.24) is 5.32 Å². The Labute approximate surface area is 113 Å². The standard InChI is InChI=1S/C14H19ClN2O/c1-10-4-5-11(15)8-12(10)17-13(18)14(9-16-2)6-3-7-14/h4-5,8,16H,3,6-7,9H2,1-2H3,(H,17,18). The summed E-state index contributed by atoms with van der Waals surface area (Å²) < 4.78 is 0. The fourth-order valence-corrected chi connectivity index (χ4v) is 2.58. The molecular formula is C14H19ClN2O. The van der Waals surface area contributed by atoms with Gasteiger partial charge in [0.15, 0.2) is 0 Å². The number of amides is 1. The highest BCUT2D eigenvalue weighted by Crippen LogP contribution is 2.41. The number of nitrogens with one attached hydrogen (secondary N) is 2. The maximum Gasteiger partial charge on any atom is 0.231 e. The van der Waals surface area contributed by atoms with Crippen LogP contribution in [0.2, 0.25) is 5.02 Å². The fourth-order valence-electron chi connectivity index (χ4n) is 2.41. The first kappa shape index (κ1) is 13.4. The van der Waals surface area contributed by atoms with Crippen LogP contribution >= 0.6 is 11.6 Å². The molecule has 2 N–H and O–H groups in total. The Morgan fingerprint density at radius 3 is 2.72 bits per heavy atom. The molecule has 0 atom stereocenters. The second-order valence-electron chi connectivity index (χ2n) is 5.08. The first-order chi connectivity index (χ1) is 8.57. The molecule has 4 heteroatoms. The molecule has 1 fully saturated rings. The highest BCUT2D eigenvalue weighted by molar-refractivity contribution is 6.31. The van der Waals surface area contributed by atoms with Gasteiger partial charge in [-0.15, -0.1) is 0 Å². The van der Waals surface area contributed by atoms with E-state index in [1.165, 1.54) is 0 Å². The third-order valence-electron chi connectivity index (χ3n) is 3.76. The quantitative estimate of drug-likeness (QED) is 0.880. The molecule has 0 aliphatic heterocycles. The predicted molar refractivity (Wildman–Crippen MR) is 75.0 cm³/mol. The van der Waals surface area contributed by atoms with E-state index in [-0.39, 0.29) is 11.3 Å². The number of hydrogen-bond donors (Lipinski definition) is 2. The zero-order valence-electron chi connectivity index (χ0n) is 10.8. The summed E-state index contributed by atoms with van der Waals surface area (Å²) in [7, 11) is 1.89. The van der Waals surface area contributed by atoms with Crippen molar-refractivity contribution in [3.8, 4) is 0 Å². The van der Waals surface area contributed by atoms with Crippen molar-refractivity contribution in [2.45, 2.75) is 26.2 Å². The van der Waals surface area contributed by atoms with Crippen LogP contribution in [-0.4, -0.2) is 19.5 Å². The summed E-state index contributed by atoms with van der Waals surface area (Å²) in [6.07, 6.45) is 3.04. The normalized spacial score (nSPS) is 17.1. The maximum atomic E-state index is 12.4. The summed E-state index contributed by atoms with van der Waals surface area (Å²) >= 11 is 5.96. The van der Waals surface area contributed by atoms with Gasteiger partial charge in [-0.05, 0) is 44.5 Å². The Morgan fingerprint density at radius 2 is 2.17 bits per heavy atom. The van der Waals surface area contributed by atoms with Crippen LogP contribution in [0.1, 0.15) is 24.8 Å². The van der Waals surface area contributed by atoms with E-state index in [0.717, 1.165) is 37.1 Å². The van der Waals surface area contributed by atoms with Crippen LogP contribution in [0.4, 0.5) is 5.69 Å². The number of aryl methyl sites for hydroxylation is 1. The molecule has 1 aromatic rings. The average Bonchev–Trinajstić information content (AvgIpc) is 2.28. The van der Waals surface area contributed by atoms with Gasteiger partial charge >= 0.3 is 0 Å². The number of halogens is 1. The molecule has 0 bridgehead atoms. The van der Waals surface area contributed by atoms with Gasteiger partial charge in [0.25, 0.3) is 0 Å². The molecule has 0 radical (unpaired) electrons. The van der Waals surface area contributed by atoms with Crippen LogP contribution in [0.5, 0.6) is 0 Å². The van der Waals surface area contributed by atoms with Gasteiger partial charge in [-0.2, -0.15) is 0 Å². The summed E-state index contributed by atoms with van der Waals surface area (Å²) in [4.78, 5) is 12.4. The van der Waals surface area contributed by atoms with Gasteiger partial charge in [0, 0.05) is 17.3 Å². The highest BCUT2D eigenvalue weighted by atomic mass is 35.5. The lowest BCUT2D eigenvalue weighted by Crippen LogP contribution is -2.48. The minimum atomic E-state index is -0.233. The molecule has 0 aromatic heterocycles. The van der Waals surface area contributed by atoms with E-state index in [0.29, 0.717) is 5.02 Å². The summed E-state index contributed by atoms with van der Waals surface area (Å²) in [6, 6.07) is 5.56. The van der Waals surface area contributed by atoms with Crippen LogP contribution in [0, 0.1) is 12.3 Å². The third-order valence-corrected chi connectivity index (χ3v) is 3.99. The number of carbonyl (C=O) groups is 1. The molecule has 98 valence electrons. The lowest BCUT2D eigenvalue weighted by Gasteiger charge is -2.40. The molecular weight excluding hydrogens is 248 g/mol. The van der Waals surface area contributed by atoms with E-state index in [9.17, 15) is 4.79 Å². The van der Waals surface area contributed by atoms with Gasteiger partial charge in [0.05, 0.1) is 5.41 Å². The Bertz CT molecular complexity index is 455. The monoisotopic (exact) mass is 266 g/mol. The van der Waals surface area contributed by atoms with E-state index in [2.05, 4.69) is 10.6 Å². The SMILES string of the molecule is CNCC1(C(=O)Nc2cc(Cl)ccc2C)CCC1. The fraction of sp³-hybridized carbons (Fsp3) is 0.500. The number of anilines is 1. The largest absolute Gasteiger partial charge is 0.325 e. The second-order valence-corrected chi connectivity index (χ2v) is 5.51. The summed E-state index contributed by atoms with van der Waals surface area (Å²) in [5.74, 6) is 0.105. The molecule has 1 saturated carbocycles. The topological polar surface area (TPSA) is 41.1 Å². The smallest absolute Gasteiger partial charge is 0.231 e. The van der Waals surface area contributed by atoms with E-state index in [4.69, 9.17) is 11.6 Å². The van der Waals surface area contributed by atoms with Crippen molar-refractivity contribution in [2.24, 2.45) is 5.41 Å². The zero-order valence-corrected chi connectivity index (χ0v) is 11.6. The molecule has 0 saturated heterocycles. The van der Waals surface area contributed by atoms with E-state index >= 15 is 0 Å². The lowest BCUT2D eigenvalue weighted by atomic mass is 9.68. The minimum Gasteiger partial charge on any atom is -0.325 e. The second kappa shape index (κ2) is 5.29. The third kappa shape index (κ3) is 2.52. The van der Waals surface area contributed by atoms with Crippen LogP contribution in [0.25, 0.3) is 0 Å². The summed E-state index contributed by atoms with van der Waals surface area (Å²) in [6.45, 7) is 2.70. The molecule has 1 aliphatic carbocycles. The molecule has 0 spiro atoms. The molecule has 0 unspecified atom stereocenters. The van der Waals surface area contributed by atoms with Gasteiger partial charge < -0.3 is 10.6 Å². The summed E-state index contributed by atoms with van der Waals surface area (Å²) in [5, 5.41) is 6.78. The van der Waals surface area contributed by atoms with Crippen LogP contribution in [-0.2, 0) is 4.79 Å². The van der Waals surface area contributed by atoms with Gasteiger partial charge in [-0.25, -0.2) is 0 Å². The Kier molecular flexibility index (Phi) is 3.93. The van der Waals surface area contributed by atoms with Crippen LogP contribution < -0.4 is 10.6 Å². The number of hydrogen-bond acceptors (Lipinski definition) is 2.